The molecule has 2 N–H and O–H groups in total. The summed E-state index contributed by atoms with van der Waals surface area (Å²) in [5.74, 6) is 5.59. The first-order valence-electron chi connectivity index (χ1n) is 7.09. The van der Waals surface area contributed by atoms with E-state index in [1.54, 1.807) is 26.8 Å². The van der Waals surface area contributed by atoms with Crippen molar-refractivity contribution in [2.24, 2.45) is 0 Å². The molecule has 0 aliphatic heterocycles. The van der Waals surface area contributed by atoms with Crippen molar-refractivity contribution in [3.63, 3.8) is 0 Å². The van der Waals surface area contributed by atoms with E-state index in [2.05, 4.69) is 17.2 Å². The Labute approximate surface area is 135 Å². The van der Waals surface area contributed by atoms with Crippen molar-refractivity contribution in [2.45, 2.75) is 32.8 Å². The lowest BCUT2D eigenvalue weighted by molar-refractivity contribution is 0.0529. The van der Waals surface area contributed by atoms with Crippen LogP contribution < -0.4 is 10.1 Å². The highest BCUT2D eigenvalue weighted by Gasteiger charge is 2.15. The second kappa shape index (κ2) is 8.08. The number of ether oxygens (including phenoxy) is 2. The van der Waals surface area contributed by atoms with E-state index < -0.39 is 11.7 Å². The smallest absolute Gasteiger partial charge is 0.407 e. The molecule has 0 fully saturated rings. The molecule has 1 amide bonds. The minimum Gasteiger partial charge on any atom is -0.504 e. The summed E-state index contributed by atoms with van der Waals surface area (Å²) in [6.45, 7) is 5.66. The molecule has 0 heterocycles. The third kappa shape index (κ3) is 5.91. The standard InChI is InChI=1S/C17H21NO5/c1-17(2,3)23-16(21)18-10-6-5-7-12-8-9-14(22-4)15(20)13(12)11-19/h8-9,11,20H,6,10H2,1-4H3,(H,18,21). The molecule has 0 aliphatic rings. The zero-order chi connectivity index (χ0) is 17.5. The zero-order valence-electron chi connectivity index (χ0n) is 13.7. The van der Waals surface area contributed by atoms with E-state index >= 15 is 0 Å². The lowest BCUT2D eigenvalue weighted by Crippen LogP contribution is -2.32. The lowest BCUT2D eigenvalue weighted by Gasteiger charge is -2.19. The first kappa shape index (κ1) is 18.4. The van der Waals surface area contributed by atoms with Gasteiger partial charge < -0.3 is 19.9 Å². The van der Waals surface area contributed by atoms with Crippen molar-refractivity contribution < 1.29 is 24.2 Å². The SMILES string of the molecule is COc1ccc(C#CCCNC(=O)OC(C)(C)C)c(C=O)c1O. The summed E-state index contributed by atoms with van der Waals surface area (Å²) in [4.78, 5) is 22.5. The van der Waals surface area contributed by atoms with Crippen molar-refractivity contribution in [3.8, 4) is 23.3 Å². The van der Waals surface area contributed by atoms with Gasteiger partial charge in [0.15, 0.2) is 17.8 Å². The minimum atomic E-state index is -0.546. The summed E-state index contributed by atoms with van der Waals surface area (Å²) in [5, 5.41) is 12.4. The topological polar surface area (TPSA) is 84.9 Å². The number of carbonyl (C=O) groups excluding carboxylic acids is 2. The molecule has 0 aliphatic carbocycles. The molecule has 1 aromatic rings. The van der Waals surface area contributed by atoms with Crippen molar-refractivity contribution in [1.82, 2.24) is 5.32 Å². The van der Waals surface area contributed by atoms with Gasteiger partial charge in [-0.15, -0.1) is 0 Å². The van der Waals surface area contributed by atoms with Crippen LogP contribution in [0, 0.1) is 11.8 Å². The highest BCUT2D eigenvalue weighted by molar-refractivity contribution is 5.85. The monoisotopic (exact) mass is 319 g/mol. The molecule has 0 bridgehead atoms. The van der Waals surface area contributed by atoms with Gasteiger partial charge in [-0.05, 0) is 32.9 Å². The molecule has 0 saturated carbocycles. The molecular formula is C17H21NO5. The fraction of sp³-hybridized carbons (Fsp3) is 0.412. The molecule has 23 heavy (non-hydrogen) atoms. The number of rotatable bonds is 4. The number of aldehydes is 1. The van der Waals surface area contributed by atoms with Gasteiger partial charge in [-0.25, -0.2) is 4.79 Å². The maximum Gasteiger partial charge on any atom is 0.407 e. The van der Waals surface area contributed by atoms with Crippen LogP contribution >= 0.6 is 0 Å². The summed E-state index contributed by atoms with van der Waals surface area (Å²) in [6, 6.07) is 3.13. The Kier molecular flexibility index (Phi) is 6.46. The van der Waals surface area contributed by atoms with Gasteiger partial charge in [0.1, 0.15) is 5.60 Å². The van der Waals surface area contributed by atoms with Gasteiger partial charge in [-0.3, -0.25) is 4.79 Å². The Morgan fingerprint density at radius 3 is 2.65 bits per heavy atom. The quantitative estimate of drug-likeness (QED) is 0.506. The average molecular weight is 319 g/mol. The highest BCUT2D eigenvalue weighted by atomic mass is 16.6. The van der Waals surface area contributed by atoms with Crippen molar-refractivity contribution in [2.75, 3.05) is 13.7 Å². The van der Waals surface area contributed by atoms with Crippen LogP contribution in [0.1, 0.15) is 43.1 Å². The number of benzene rings is 1. The first-order chi connectivity index (χ1) is 10.8. The molecule has 1 rings (SSSR count). The van der Waals surface area contributed by atoms with Crippen LogP contribution in [0.3, 0.4) is 0 Å². The highest BCUT2D eigenvalue weighted by Crippen LogP contribution is 2.30. The third-order valence-corrected chi connectivity index (χ3v) is 2.66. The van der Waals surface area contributed by atoms with Crippen molar-refractivity contribution >= 4 is 12.4 Å². The molecular weight excluding hydrogens is 298 g/mol. The molecule has 6 heteroatoms. The van der Waals surface area contributed by atoms with Crippen LogP contribution in [-0.2, 0) is 4.74 Å². The average Bonchev–Trinajstić information content (AvgIpc) is 2.45. The fourth-order valence-electron chi connectivity index (χ4n) is 1.68. The summed E-state index contributed by atoms with van der Waals surface area (Å²) in [7, 11) is 1.40. The van der Waals surface area contributed by atoms with Crippen LogP contribution in [0.4, 0.5) is 4.79 Å². The molecule has 1 aromatic carbocycles. The van der Waals surface area contributed by atoms with E-state index in [1.807, 2.05) is 0 Å². The van der Waals surface area contributed by atoms with E-state index in [0.29, 0.717) is 24.8 Å². The van der Waals surface area contributed by atoms with Gasteiger partial charge in [0, 0.05) is 18.5 Å². The molecule has 0 spiro atoms. The number of aromatic hydroxyl groups is 1. The maximum absolute atomic E-state index is 11.4. The van der Waals surface area contributed by atoms with Gasteiger partial charge in [0.25, 0.3) is 0 Å². The normalized spacial score (nSPS) is 10.3. The molecule has 6 nitrogen and oxygen atoms in total. The van der Waals surface area contributed by atoms with Crippen molar-refractivity contribution in [1.29, 1.82) is 0 Å². The number of carbonyl (C=O) groups is 2. The van der Waals surface area contributed by atoms with Gasteiger partial charge in [0.05, 0.1) is 12.7 Å². The fourth-order valence-corrected chi connectivity index (χ4v) is 1.68. The number of phenolic OH excluding ortho intramolecular Hbond substituents is 1. The molecule has 124 valence electrons. The van der Waals surface area contributed by atoms with Crippen LogP contribution in [-0.4, -0.2) is 36.7 Å². The number of nitrogens with one attached hydrogen (secondary N) is 1. The molecule has 0 unspecified atom stereocenters. The third-order valence-electron chi connectivity index (χ3n) is 2.66. The van der Waals surface area contributed by atoms with Crippen molar-refractivity contribution in [3.05, 3.63) is 23.3 Å². The van der Waals surface area contributed by atoms with E-state index in [-0.39, 0.29) is 17.1 Å². The summed E-state index contributed by atoms with van der Waals surface area (Å²) in [5.41, 5.74) is -0.0672. The Morgan fingerprint density at radius 2 is 2.09 bits per heavy atom. The maximum atomic E-state index is 11.4. The van der Waals surface area contributed by atoms with Crippen LogP contribution in [0.2, 0.25) is 0 Å². The zero-order valence-corrected chi connectivity index (χ0v) is 13.7. The lowest BCUT2D eigenvalue weighted by atomic mass is 10.1. The Morgan fingerprint density at radius 1 is 1.39 bits per heavy atom. The Balaban J connectivity index is 2.62. The predicted molar refractivity (Wildman–Crippen MR) is 85.8 cm³/mol. The number of alkyl carbamates (subject to hydrolysis) is 1. The predicted octanol–water partition coefficient (Wildman–Crippen LogP) is 2.48. The largest absolute Gasteiger partial charge is 0.504 e. The van der Waals surface area contributed by atoms with Gasteiger partial charge in [0.2, 0.25) is 0 Å². The van der Waals surface area contributed by atoms with E-state index in [4.69, 9.17) is 9.47 Å². The molecule has 0 radical (unpaired) electrons. The molecule has 0 aromatic heterocycles. The Bertz CT molecular complexity index is 635. The second-order valence-corrected chi connectivity index (χ2v) is 5.68. The van der Waals surface area contributed by atoms with E-state index in [9.17, 15) is 14.7 Å². The van der Waals surface area contributed by atoms with Crippen LogP contribution in [0.15, 0.2) is 12.1 Å². The number of hydrogen-bond acceptors (Lipinski definition) is 5. The Hall–Kier alpha value is -2.68. The summed E-state index contributed by atoms with van der Waals surface area (Å²) < 4.78 is 10.0. The van der Waals surface area contributed by atoms with Gasteiger partial charge in [-0.2, -0.15) is 0 Å². The van der Waals surface area contributed by atoms with Gasteiger partial charge >= 0.3 is 6.09 Å². The van der Waals surface area contributed by atoms with E-state index in [1.165, 1.54) is 13.2 Å². The second-order valence-electron chi connectivity index (χ2n) is 5.68. The van der Waals surface area contributed by atoms with Gasteiger partial charge in [-0.1, -0.05) is 11.8 Å². The van der Waals surface area contributed by atoms with E-state index in [0.717, 1.165) is 0 Å². The van der Waals surface area contributed by atoms with Crippen LogP contribution in [0.25, 0.3) is 0 Å². The molecule has 0 atom stereocenters. The molecule has 0 saturated heterocycles. The number of phenols is 1. The van der Waals surface area contributed by atoms with Crippen LogP contribution in [0.5, 0.6) is 11.5 Å². The number of methoxy groups -OCH3 is 1. The number of amides is 1. The first-order valence-corrected chi connectivity index (χ1v) is 7.09. The minimum absolute atomic E-state index is 0.0805. The summed E-state index contributed by atoms with van der Waals surface area (Å²) in [6.07, 6.45) is 0.403. The number of hydrogen-bond donors (Lipinski definition) is 2. The summed E-state index contributed by atoms with van der Waals surface area (Å²) >= 11 is 0.